The lowest BCUT2D eigenvalue weighted by molar-refractivity contribution is 0.0931. The lowest BCUT2D eigenvalue weighted by atomic mass is 9.96. The van der Waals surface area contributed by atoms with Crippen molar-refractivity contribution in [3.05, 3.63) is 65.7 Å². The summed E-state index contributed by atoms with van der Waals surface area (Å²) in [6.45, 7) is 4.32. The first-order valence-corrected chi connectivity index (χ1v) is 7.60. The standard InChI is InChI=1S/C19H23NO2/c1-14(2)12-18(15-8-5-4-6-9-15)20-19(21)16-10-7-11-17(13-16)22-3/h4-11,13-14,18H,12H2,1-3H3,(H,20,21)/t18-/m1/s1. The van der Waals surface area contributed by atoms with Crippen molar-refractivity contribution in [1.82, 2.24) is 5.32 Å². The van der Waals surface area contributed by atoms with E-state index in [1.807, 2.05) is 30.3 Å². The Bertz CT molecular complexity index is 608. The van der Waals surface area contributed by atoms with Crippen LogP contribution in [0, 0.1) is 5.92 Å². The fourth-order valence-corrected chi connectivity index (χ4v) is 2.44. The van der Waals surface area contributed by atoms with Gasteiger partial charge in [0, 0.05) is 5.56 Å². The van der Waals surface area contributed by atoms with Crippen LogP contribution in [-0.2, 0) is 0 Å². The molecule has 0 aliphatic rings. The number of rotatable bonds is 6. The van der Waals surface area contributed by atoms with E-state index in [2.05, 4.69) is 31.3 Å². The zero-order valence-electron chi connectivity index (χ0n) is 13.4. The van der Waals surface area contributed by atoms with Gasteiger partial charge >= 0.3 is 0 Å². The first-order chi connectivity index (χ1) is 10.6. The van der Waals surface area contributed by atoms with Crippen LogP contribution in [0.2, 0.25) is 0 Å². The first kappa shape index (κ1) is 16.1. The van der Waals surface area contributed by atoms with Gasteiger partial charge in [0.1, 0.15) is 5.75 Å². The number of nitrogens with one attached hydrogen (secondary N) is 1. The van der Waals surface area contributed by atoms with E-state index in [1.54, 1.807) is 19.2 Å². The molecular formula is C19H23NO2. The third-order valence-electron chi connectivity index (χ3n) is 3.55. The number of amides is 1. The predicted molar refractivity (Wildman–Crippen MR) is 89.1 cm³/mol. The molecule has 3 heteroatoms. The fourth-order valence-electron chi connectivity index (χ4n) is 2.44. The van der Waals surface area contributed by atoms with Gasteiger partial charge in [0.25, 0.3) is 5.91 Å². The van der Waals surface area contributed by atoms with Gasteiger partial charge in [-0.15, -0.1) is 0 Å². The van der Waals surface area contributed by atoms with E-state index >= 15 is 0 Å². The molecule has 0 radical (unpaired) electrons. The van der Waals surface area contributed by atoms with E-state index in [1.165, 1.54) is 0 Å². The molecule has 0 heterocycles. The second-order valence-corrected chi connectivity index (χ2v) is 5.80. The van der Waals surface area contributed by atoms with E-state index in [4.69, 9.17) is 4.74 Å². The molecule has 2 aromatic rings. The van der Waals surface area contributed by atoms with Crippen LogP contribution in [0.1, 0.15) is 42.2 Å². The van der Waals surface area contributed by atoms with Crippen molar-refractivity contribution in [2.45, 2.75) is 26.3 Å². The van der Waals surface area contributed by atoms with E-state index in [0.717, 1.165) is 12.0 Å². The smallest absolute Gasteiger partial charge is 0.251 e. The average Bonchev–Trinajstić information content (AvgIpc) is 2.54. The normalized spacial score (nSPS) is 12.0. The number of methoxy groups -OCH3 is 1. The molecule has 0 unspecified atom stereocenters. The molecule has 2 aromatic carbocycles. The third-order valence-corrected chi connectivity index (χ3v) is 3.55. The first-order valence-electron chi connectivity index (χ1n) is 7.60. The Morgan fingerprint density at radius 1 is 1.09 bits per heavy atom. The Hall–Kier alpha value is -2.29. The summed E-state index contributed by atoms with van der Waals surface area (Å²) in [5, 5.41) is 3.14. The minimum atomic E-state index is -0.0756. The van der Waals surface area contributed by atoms with E-state index < -0.39 is 0 Å². The van der Waals surface area contributed by atoms with Gasteiger partial charge < -0.3 is 10.1 Å². The summed E-state index contributed by atoms with van der Waals surface area (Å²) in [6.07, 6.45) is 0.903. The number of hydrogen-bond donors (Lipinski definition) is 1. The summed E-state index contributed by atoms with van der Waals surface area (Å²) in [7, 11) is 1.60. The largest absolute Gasteiger partial charge is 0.497 e. The van der Waals surface area contributed by atoms with Crippen LogP contribution in [0.3, 0.4) is 0 Å². The molecule has 0 aliphatic carbocycles. The second-order valence-electron chi connectivity index (χ2n) is 5.80. The van der Waals surface area contributed by atoms with Gasteiger partial charge in [0.15, 0.2) is 0 Å². The molecule has 0 fully saturated rings. The number of carbonyl (C=O) groups excluding carboxylic acids is 1. The van der Waals surface area contributed by atoms with Crippen LogP contribution in [0.25, 0.3) is 0 Å². The molecule has 3 nitrogen and oxygen atoms in total. The maximum absolute atomic E-state index is 12.5. The van der Waals surface area contributed by atoms with Crippen molar-refractivity contribution in [3.8, 4) is 5.75 Å². The van der Waals surface area contributed by atoms with Crippen LogP contribution >= 0.6 is 0 Å². The minimum absolute atomic E-state index is 0.0138. The predicted octanol–water partition coefficient (Wildman–Crippen LogP) is 4.21. The third kappa shape index (κ3) is 4.35. The Balaban J connectivity index is 2.17. The zero-order chi connectivity index (χ0) is 15.9. The minimum Gasteiger partial charge on any atom is -0.497 e. The zero-order valence-corrected chi connectivity index (χ0v) is 13.4. The molecule has 0 aromatic heterocycles. The Morgan fingerprint density at radius 3 is 2.45 bits per heavy atom. The monoisotopic (exact) mass is 297 g/mol. The number of hydrogen-bond acceptors (Lipinski definition) is 2. The molecule has 1 atom stereocenters. The molecule has 0 saturated heterocycles. The summed E-state index contributed by atoms with van der Waals surface area (Å²) >= 11 is 0. The maximum Gasteiger partial charge on any atom is 0.251 e. The summed E-state index contributed by atoms with van der Waals surface area (Å²) in [5.41, 5.74) is 1.75. The lowest BCUT2D eigenvalue weighted by Crippen LogP contribution is -2.29. The average molecular weight is 297 g/mol. The molecule has 116 valence electrons. The highest BCUT2D eigenvalue weighted by molar-refractivity contribution is 5.94. The van der Waals surface area contributed by atoms with E-state index in [-0.39, 0.29) is 11.9 Å². The lowest BCUT2D eigenvalue weighted by Gasteiger charge is -2.21. The van der Waals surface area contributed by atoms with Crippen LogP contribution < -0.4 is 10.1 Å². The molecule has 0 saturated carbocycles. The van der Waals surface area contributed by atoms with Crippen molar-refractivity contribution in [3.63, 3.8) is 0 Å². The topological polar surface area (TPSA) is 38.3 Å². The number of carbonyl (C=O) groups is 1. The highest BCUT2D eigenvalue weighted by Crippen LogP contribution is 2.22. The quantitative estimate of drug-likeness (QED) is 0.867. The van der Waals surface area contributed by atoms with Crippen LogP contribution in [0.4, 0.5) is 0 Å². The van der Waals surface area contributed by atoms with Gasteiger partial charge in [-0.1, -0.05) is 50.2 Å². The summed E-state index contributed by atoms with van der Waals surface area (Å²) in [6, 6.07) is 17.3. The van der Waals surface area contributed by atoms with Gasteiger partial charge in [0.2, 0.25) is 0 Å². The van der Waals surface area contributed by atoms with Gasteiger partial charge in [-0.3, -0.25) is 4.79 Å². The molecule has 22 heavy (non-hydrogen) atoms. The van der Waals surface area contributed by atoms with Gasteiger partial charge in [-0.25, -0.2) is 0 Å². The van der Waals surface area contributed by atoms with Crippen molar-refractivity contribution in [2.75, 3.05) is 7.11 Å². The van der Waals surface area contributed by atoms with Gasteiger partial charge in [-0.05, 0) is 36.1 Å². The number of benzene rings is 2. The van der Waals surface area contributed by atoms with E-state index in [9.17, 15) is 4.79 Å². The molecule has 0 bridgehead atoms. The van der Waals surface area contributed by atoms with Crippen LogP contribution in [-0.4, -0.2) is 13.0 Å². The molecule has 2 rings (SSSR count). The Morgan fingerprint density at radius 2 is 1.82 bits per heavy atom. The molecule has 1 amide bonds. The SMILES string of the molecule is COc1cccc(C(=O)N[C@H](CC(C)C)c2ccccc2)c1. The van der Waals surface area contributed by atoms with Gasteiger partial charge in [-0.2, -0.15) is 0 Å². The molecular weight excluding hydrogens is 274 g/mol. The van der Waals surface area contributed by atoms with Crippen LogP contribution in [0.15, 0.2) is 54.6 Å². The van der Waals surface area contributed by atoms with Crippen molar-refractivity contribution in [1.29, 1.82) is 0 Å². The Kier molecular flexibility index (Phi) is 5.59. The summed E-state index contributed by atoms with van der Waals surface area (Å²) < 4.78 is 5.18. The van der Waals surface area contributed by atoms with Crippen molar-refractivity contribution >= 4 is 5.91 Å². The molecule has 0 spiro atoms. The van der Waals surface area contributed by atoms with E-state index in [0.29, 0.717) is 17.2 Å². The molecule has 0 aliphatic heterocycles. The maximum atomic E-state index is 12.5. The summed E-state index contributed by atoms with van der Waals surface area (Å²) in [5.74, 6) is 1.11. The van der Waals surface area contributed by atoms with Crippen molar-refractivity contribution < 1.29 is 9.53 Å². The van der Waals surface area contributed by atoms with Gasteiger partial charge in [0.05, 0.1) is 13.2 Å². The summed E-state index contributed by atoms with van der Waals surface area (Å²) in [4.78, 5) is 12.5. The highest BCUT2D eigenvalue weighted by Gasteiger charge is 2.17. The molecule has 1 N–H and O–H groups in total. The fraction of sp³-hybridized carbons (Fsp3) is 0.316. The van der Waals surface area contributed by atoms with Crippen LogP contribution in [0.5, 0.6) is 5.75 Å². The Labute approximate surface area is 132 Å². The van der Waals surface area contributed by atoms with Crippen molar-refractivity contribution in [2.24, 2.45) is 5.92 Å². The second kappa shape index (κ2) is 7.64. The number of ether oxygens (including phenoxy) is 1. The highest BCUT2D eigenvalue weighted by atomic mass is 16.5.